The summed E-state index contributed by atoms with van der Waals surface area (Å²) in [7, 11) is 0. The topological polar surface area (TPSA) is 43.1 Å². The minimum absolute atomic E-state index is 0.0586. The maximum Gasteiger partial charge on any atom is 0.162 e. The highest BCUT2D eigenvalue weighted by atomic mass is 127. The van der Waals surface area contributed by atoms with Crippen LogP contribution in [0.2, 0.25) is 5.02 Å². The fourth-order valence-electron chi connectivity index (χ4n) is 0.891. The maximum atomic E-state index is 11.1. The van der Waals surface area contributed by atoms with Crippen LogP contribution in [-0.2, 0) is 0 Å². The monoisotopic (exact) mass is 295 g/mol. The molecule has 0 amide bonds. The van der Waals surface area contributed by atoms with Gasteiger partial charge >= 0.3 is 0 Å². The number of ketones is 1. The van der Waals surface area contributed by atoms with Crippen LogP contribution in [0.5, 0.6) is 0 Å². The van der Waals surface area contributed by atoms with E-state index in [0.717, 1.165) is 3.57 Å². The van der Waals surface area contributed by atoms with E-state index in [-0.39, 0.29) is 5.78 Å². The Morgan fingerprint density at radius 2 is 2.17 bits per heavy atom. The normalized spacial score (nSPS) is 9.92. The molecule has 0 unspecified atom stereocenters. The third-order valence-corrected chi connectivity index (χ3v) is 2.78. The lowest BCUT2D eigenvalue weighted by Crippen LogP contribution is -2.00. The van der Waals surface area contributed by atoms with Crippen LogP contribution in [0.1, 0.15) is 17.3 Å². The summed E-state index contributed by atoms with van der Waals surface area (Å²) in [5.41, 5.74) is 6.50. The number of hydrogen-bond acceptors (Lipinski definition) is 2. The van der Waals surface area contributed by atoms with Gasteiger partial charge in [0.05, 0.1) is 16.3 Å². The number of anilines is 1. The molecule has 64 valence electrons. The number of carbonyl (C=O) groups is 1. The smallest absolute Gasteiger partial charge is 0.162 e. The van der Waals surface area contributed by atoms with Gasteiger partial charge in [-0.15, -0.1) is 0 Å². The summed E-state index contributed by atoms with van der Waals surface area (Å²) in [6, 6.07) is 3.47. The predicted molar refractivity (Wildman–Crippen MR) is 58.6 cm³/mol. The lowest BCUT2D eigenvalue weighted by Gasteiger charge is -2.05. The van der Waals surface area contributed by atoms with Crippen LogP contribution in [0.25, 0.3) is 0 Å². The van der Waals surface area contributed by atoms with Crippen LogP contribution in [0, 0.1) is 3.57 Å². The van der Waals surface area contributed by atoms with Crippen LogP contribution in [0.15, 0.2) is 12.1 Å². The summed E-state index contributed by atoms with van der Waals surface area (Å²) >= 11 is 7.90. The van der Waals surface area contributed by atoms with E-state index >= 15 is 0 Å². The molecule has 0 aliphatic rings. The summed E-state index contributed by atoms with van der Waals surface area (Å²) in [4.78, 5) is 11.1. The highest BCUT2D eigenvalue weighted by Crippen LogP contribution is 2.27. The zero-order valence-corrected chi connectivity index (χ0v) is 9.31. The van der Waals surface area contributed by atoms with E-state index in [4.69, 9.17) is 17.3 Å². The molecule has 0 aromatic heterocycles. The molecule has 0 heterocycles. The fourth-order valence-corrected chi connectivity index (χ4v) is 2.18. The molecule has 1 rings (SSSR count). The molecule has 2 N–H and O–H groups in total. The molecule has 0 fully saturated rings. The molecule has 0 saturated heterocycles. The number of carbonyl (C=O) groups excluding carboxylic acids is 1. The van der Waals surface area contributed by atoms with Crippen LogP contribution < -0.4 is 5.73 Å². The van der Waals surface area contributed by atoms with Gasteiger partial charge in [0.25, 0.3) is 0 Å². The summed E-state index contributed by atoms with van der Waals surface area (Å²) in [6.45, 7) is 1.48. The van der Waals surface area contributed by atoms with E-state index in [1.807, 2.05) is 0 Å². The molecule has 0 aliphatic carbocycles. The van der Waals surface area contributed by atoms with Gasteiger partial charge in [0.1, 0.15) is 0 Å². The minimum Gasteiger partial charge on any atom is -0.398 e. The van der Waals surface area contributed by atoms with Crippen LogP contribution in [0.3, 0.4) is 0 Å². The number of Topliss-reactive ketones (excluding diaryl/α,β-unsaturated/α-hetero) is 1. The van der Waals surface area contributed by atoms with Gasteiger partial charge in [0.2, 0.25) is 0 Å². The molecule has 0 atom stereocenters. The second-order valence-corrected chi connectivity index (χ2v) is 3.92. The van der Waals surface area contributed by atoms with Crippen LogP contribution >= 0.6 is 34.2 Å². The molecule has 0 radical (unpaired) electrons. The van der Waals surface area contributed by atoms with E-state index in [1.165, 1.54) is 6.92 Å². The van der Waals surface area contributed by atoms with Crippen molar-refractivity contribution in [2.75, 3.05) is 5.73 Å². The number of nitrogens with two attached hydrogens (primary N) is 1. The van der Waals surface area contributed by atoms with Gasteiger partial charge < -0.3 is 5.73 Å². The third-order valence-electron chi connectivity index (χ3n) is 1.47. The van der Waals surface area contributed by atoms with Crippen molar-refractivity contribution in [2.45, 2.75) is 6.92 Å². The zero-order chi connectivity index (χ0) is 9.30. The molecule has 4 heteroatoms. The van der Waals surface area contributed by atoms with E-state index in [9.17, 15) is 4.79 Å². The number of rotatable bonds is 1. The third kappa shape index (κ3) is 1.72. The molecule has 2 nitrogen and oxygen atoms in total. The van der Waals surface area contributed by atoms with Crippen LogP contribution in [-0.4, -0.2) is 5.78 Å². The van der Waals surface area contributed by atoms with Crippen molar-refractivity contribution < 1.29 is 4.79 Å². The van der Waals surface area contributed by atoms with Crippen LogP contribution in [0.4, 0.5) is 5.69 Å². The molecule has 0 spiro atoms. The molecule has 1 aromatic rings. The van der Waals surface area contributed by atoms with E-state index in [1.54, 1.807) is 12.1 Å². The van der Waals surface area contributed by atoms with Crippen molar-refractivity contribution in [3.63, 3.8) is 0 Å². The average Bonchev–Trinajstić information content (AvgIpc) is 1.97. The average molecular weight is 296 g/mol. The lowest BCUT2D eigenvalue weighted by molar-refractivity contribution is 0.101. The number of benzene rings is 1. The van der Waals surface area contributed by atoms with Crippen molar-refractivity contribution in [1.82, 2.24) is 0 Å². The van der Waals surface area contributed by atoms with Gasteiger partial charge in [-0.1, -0.05) is 11.6 Å². The Labute approximate surface area is 89.2 Å². The highest BCUT2D eigenvalue weighted by molar-refractivity contribution is 14.1. The molecule has 0 bridgehead atoms. The second kappa shape index (κ2) is 3.62. The standard InChI is InChI=1S/C8H7ClINO/c1-4(12)7-5(10)2-3-6(11)8(7)9/h2-3H,11H2,1H3. The Kier molecular flexibility index (Phi) is 2.95. The largest absolute Gasteiger partial charge is 0.398 e. The van der Waals surface area contributed by atoms with E-state index < -0.39 is 0 Å². The first-order valence-corrected chi connectivity index (χ1v) is 4.74. The SMILES string of the molecule is CC(=O)c1c(I)ccc(N)c1Cl. The van der Waals surface area contributed by atoms with Crippen molar-refractivity contribution in [3.8, 4) is 0 Å². The quantitative estimate of drug-likeness (QED) is 0.492. The molecule has 1 aromatic carbocycles. The predicted octanol–water partition coefficient (Wildman–Crippen LogP) is 2.73. The Hall–Kier alpha value is -0.290. The Morgan fingerprint density at radius 3 is 2.58 bits per heavy atom. The maximum absolute atomic E-state index is 11.1. The molecule has 12 heavy (non-hydrogen) atoms. The molecular formula is C8H7ClINO. The first kappa shape index (κ1) is 9.80. The summed E-state index contributed by atoms with van der Waals surface area (Å²) in [5, 5.41) is 0.356. The second-order valence-electron chi connectivity index (χ2n) is 2.38. The first-order chi connectivity index (χ1) is 5.54. The minimum atomic E-state index is -0.0586. The highest BCUT2D eigenvalue weighted by Gasteiger charge is 2.11. The van der Waals surface area contributed by atoms with Gasteiger partial charge in [-0.2, -0.15) is 0 Å². The van der Waals surface area contributed by atoms with Gasteiger partial charge in [0, 0.05) is 3.57 Å². The molecule has 0 aliphatic heterocycles. The summed E-state index contributed by atoms with van der Waals surface area (Å²) < 4.78 is 0.833. The molecular weight excluding hydrogens is 288 g/mol. The lowest BCUT2D eigenvalue weighted by atomic mass is 10.1. The van der Waals surface area contributed by atoms with Gasteiger partial charge in [-0.3, -0.25) is 4.79 Å². The Bertz CT molecular complexity index is 338. The molecule has 0 saturated carbocycles. The first-order valence-electron chi connectivity index (χ1n) is 3.28. The van der Waals surface area contributed by atoms with E-state index in [0.29, 0.717) is 16.3 Å². The number of nitrogen functional groups attached to an aromatic ring is 1. The number of hydrogen-bond donors (Lipinski definition) is 1. The summed E-state index contributed by atoms with van der Waals surface area (Å²) in [5.74, 6) is -0.0586. The van der Waals surface area contributed by atoms with Gasteiger partial charge in [-0.25, -0.2) is 0 Å². The van der Waals surface area contributed by atoms with Crippen molar-refractivity contribution in [3.05, 3.63) is 26.3 Å². The van der Waals surface area contributed by atoms with Crippen molar-refractivity contribution in [1.29, 1.82) is 0 Å². The number of halogens is 2. The Balaban J connectivity index is 3.43. The van der Waals surface area contributed by atoms with Gasteiger partial charge in [0.15, 0.2) is 5.78 Å². The van der Waals surface area contributed by atoms with E-state index in [2.05, 4.69) is 22.6 Å². The van der Waals surface area contributed by atoms with Crippen molar-refractivity contribution >= 4 is 45.7 Å². The Morgan fingerprint density at radius 1 is 1.58 bits per heavy atom. The fraction of sp³-hybridized carbons (Fsp3) is 0.125. The zero-order valence-electron chi connectivity index (χ0n) is 6.40. The van der Waals surface area contributed by atoms with Gasteiger partial charge in [-0.05, 0) is 41.6 Å². The van der Waals surface area contributed by atoms with Crippen molar-refractivity contribution in [2.24, 2.45) is 0 Å². The summed E-state index contributed by atoms with van der Waals surface area (Å²) in [6.07, 6.45) is 0.